The lowest BCUT2D eigenvalue weighted by Gasteiger charge is -2.15. The molecule has 0 saturated carbocycles. The summed E-state index contributed by atoms with van der Waals surface area (Å²) in [5, 5.41) is 0. The molecule has 0 fully saturated rings. The Morgan fingerprint density at radius 1 is 1.27 bits per heavy atom. The van der Waals surface area contributed by atoms with Gasteiger partial charge in [0.2, 0.25) is 0 Å². The van der Waals surface area contributed by atoms with E-state index < -0.39 is 0 Å². The molecule has 0 N–H and O–H groups in total. The molecule has 0 spiro atoms. The number of aryl methyl sites for hydroxylation is 1. The van der Waals surface area contributed by atoms with Gasteiger partial charge >= 0.3 is 0 Å². The molecule has 0 unspecified atom stereocenters. The number of rotatable bonds is 1. The van der Waals surface area contributed by atoms with Gasteiger partial charge in [-0.05, 0) is 26.0 Å². The molecule has 0 aromatic heterocycles. The zero-order valence-electron chi connectivity index (χ0n) is 9.03. The Labute approximate surface area is 89.4 Å². The van der Waals surface area contributed by atoms with E-state index in [1.807, 2.05) is 38.1 Å². The SMILES string of the molecule is CC1=NCCN1C(=O)c1ccc(C)cc1. The molecule has 0 aliphatic carbocycles. The highest BCUT2D eigenvalue weighted by Gasteiger charge is 2.21. The number of amidine groups is 1. The Hall–Kier alpha value is -1.64. The second-order valence-corrected chi connectivity index (χ2v) is 3.75. The average Bonchev–Trinajstić information content (AvgIpc) is 2.65. The maximum atomic E-state index is 12.0. The molecule has 3 nitrogen and oxygen atoms in total. The molecular weight excluding hydrogens is 188 g/mol. The Morgan fingerprint density at radius 3 is 2.47 bits per heavy atom. The first kappa shape index (κ1) is 9.90. The Morgan fingerprint density at radius 2 is 1.93 bits per heavy atom. The minimum absolute atomic E-state index is 0.0498. The molecule has 1 aromatic rings. The number of hydrogen-bond acceptors (Lipinski definition) is 2. The van der Waals surface area contributed by atoms with Crippen LogP contribution in [0.2, 0.25) is 0 Å². The van der Waals surface area contributed by atoms with Crippen LogP contribution in [0.1, 0.15) is 22.8 Å². The van der Waals surface area contributed by atoms with Crippen LogP contribution in [0.4, 0.5) is 0 Å². The lowest BCUT2D eigenvalue weighted by Crippen LogP contribution is -2.32. The van der Waals surface area contributed by atoms with Gasteiger partial charge in [-0.15, -0.1) is 0 Å². The van der Waals surface area contributed by atoms with Crippen molar-refractivity contribution in [2.45, 2.75) is 13.8 Å². The zero-order valence-corrected chi connectivity index (χ0v) is 9.03. The third-order valence-corrected chi connectivity index (χ3v) is 2.60. The van der Waals surface area contributed by atoms with E-state index in [-0.39, 0.29) is 5.91 Å². The quantitative estimate of drug-likeness (QED) is 0.684. The number of benzene rings is 1. The Kier molecular flexibility index (Phi) is 2.54. The van der Waals surface area contributed by atoms with E-state index in [0.29, 0.717) is 6.54 Å². The predicted octanol–water partition coefficient (Wildman–Crippen LogP) is 1.87. The van der Waals surface area contributed by atoms with Crippen molar-refractivity contribution in [3.8, 4) is 0 Å². The molecule has 0 atom stereocenters. The summed E-state index contributed by atoms with van der Waals surface area (Å²) < 4.78 is 0. The summed E-state index contributed by atoms with van der Waals surface area (Å²) in [4.78, 5) is 17.9. The molecule has 78 valence electrons. The molecule has 1 aromatic carbocycles. The van der Waals surface area contributed by atoms with Gasteiger partial charge in [0, 0.05) is 12.1 Å². The monoisotopic (exact) mass is 202 g/mol. The normalized spacial score (nSPS) is 15.3. The molecule has 1 aliphatic heterocycles. The molecule has 0 radical (unpaired) electrons. The Bertz CT molecular complexity index is 406. The second-order valence-electron chi connectivity index (χ2n) is 3.75. The summed E-state index contributed by atoms with van der Waals surface area (Å²) in [5.74, 6) is 0.870. The van der Waals surface area contributed by atoms with Crippen molar-refractivity contribution < 1.29 is 4.79 Å². The first-order chi connectivity index (χ1) is 7.18. The van der Waals surface area contributed by atoms with Crippen molar-refractivity contribution >= 4 is 11.7 Å². The summed E-state index contributed by atoms with van der Waals surface area (Å²) in [6, 6.07) is 7.64. The van der Waals surface area contributed by atoms with Crippen LogP contribution in [0.15, 0.2) is 29.3 Å². The fourth-order valence-corrected chi connectivity index (χ4v) is 1.66. The van der Waals surface area contributed by atoms with Crippen LogP contribution in [0.5, 0.6) is 0 Å². The molecule has 3 heteroatoms. The van der Waals surface area contributed by atoms with Crippen LogP contribution in [0, 0.1) is 6.92 Å². The minimum atomic E-state index is 0.0498. The average molecular weight is 202 g/mol. The summed E-state index contributed by atoms with van der Waals surface area (Å²) in [7, 11) is 0. The number of aliphatic imine (C=N–C) groups is 1. The van der Waals surface area contributed by atoms with Gasteiger partial charge in [0.25, 0.3) is 5.91 Å². The van der Waals surface area contributed by atoms with E-state index in [2.05, 4.69) is 4.99 Å². The lowest BCUT2D eigenvalue weighted by atomic mass is 10.1. The van der Waals surface area contributed by atoms with Crippen molar-refractivity contribution in [3.05, 3.63) is 35.4 Å². The van der Waals surface area contributed by atoms with Gasteiger partial charge in [0.05, 0.1) is 6.54 Å². The minimum Gasteiger partial charge on any atom is -0.295 e. The van der Waals surface area contributed by atoms with Gasteiger partial charge in [-0.1, -0.05) is 17.7 Å². The van der Waals surface area contributed by atoms with Crippen LogP contribution >= 0.6 is 0 Å². The Balaban J connectivity index is 2.21. The van der Waals surface area contributed by atoms with Crippen LogP contribution < -0.4 is 0 Å². The van der Waals surface area contributed by atoms with E-state index in [4.69, 9.17) is 0 Å². The van der Waals surface area contributed by atoms with Crippen molar-refractivity contribution in [1.29, 1.82) is 0 Å². The highest BCUT2D eigenvalue weighted by atomic mass is 16.2. The van der Waals surface area contributed by atoms with Gasteiger partial charge < -0.3 is 0 Å². The molecule has 1 heterocycles. The van der Waals surface area contributed by atoms with Crippen molar-refractivity contribution in [2.75, 3.05) is 13.1 Å². The predicted molar refractivity (Wildman–Crippen MR) is 60.2 cm³/mol. The number of nitrogens with zero attached hydrogens (tertiary/aromatic N) is 2. The van der Waals surface area contributed by atoms with Crippen molar-refractivity contribution in [1.82, 2.24) is 4.90 Å². The molecule has 2 rings (SSSR count). The molecule has 0 saturated heterocycles. The molecule has 0 bridgehead atoms. The number of carbonyl (C=O) groups is 1. The molecular formula is C12H14N2O. The molecule has 1 aliphatic rings. The summed E-state index contributed by atoms with van der Waals surface area (Å²) >= 11 is 0. The van der Waals surface area contributed by atoms with Crippen LogP contribution in [-0.4, -0.2) is 29.7 Å². The summed E-state index contributed by atoms with van der Waals surface area (Å²) in [5.41, 5.74) is 1.90. The van der Waals surface area contributed by atoms with E-state index in [0.717, 1.165) is 17.9 Å². The number of amides is 1. The van der Waals surface area contributed by atoms with Crippen LogP contribution in [0.3, 0.4) is 0 Å². The van der Waals surface area contributed by atoms with Gasteiger partial charge in [-0.2, -0.15) is 0 Å². The first-order valence-electron chi connectivity index (χ1n) is 5.08. The van der Waals surface area contributed by atoms with E-state index in [9.17, 15) is 4.79 Å². The third-order valence-electron chi connectivity index (χ3n) is 2.60. The van der Waals surface area contributed by atoms with Crippen LogP contribution in [0.25, 0.3) is 0 Å². The van der Waals surface area contributed by atoms with E-state index >= 15 is 0 Å². The van der Waals surface area contributed by atoms with Gasteiger partial charge in [0.1, 0.15) is 5.84 Å². The summed E-state index contributed by atoms with van der Waals surface area (Å²) in [6.45, 7) is 5.32. The van der Waals surface area contributed by atoms with Gasteiger partial charge in [-0.3, -0.25) is 14.7 Å². The van der Waals surface area contributed by atoms with Gasteiger partial charge in [0.15, 0.2) is 0 Å². The largest absolute Gasteiger partial charge is 0.295 e. The fraction of sp³-hybridized carbons (Fsp3) is 0.333. The maximum absolute atomic E-state index is 12.0. The topological polar surface area (TPSA) is 32.7 Å². The fourth-order valence-electron chi connectivity index (χ4n) is 1.66. The first-order valence-corrected chi connectivity index (χ1v) is 5.08. The second kappa shape index (κ2) is 3.85. The standard InChI is InChI=1S/C12H14N2O/c1-9-3-5-11(6-4-9)12(15)14-8-7-13-10(14)2/h3-6H,7-8H2,1-2H3. The smallest absolute Gasteiger partial charge is 0.259 e. The van der Waals surface area contributed by atoms with Crippen molar-refractivity contribution in [2.24, 2.45) is 4.99 Å². The number of hydrogen-bond donors (Lipinski definition) is 0. The van der Waals surface area contributed by atoms with E-state index in [1.165, 1.54) is 5.56 Å². The molecule has 1 amide bonds. The highest BCUT2D eigenvalue weighted by Crippen LogP contribution is 2.10. The van der Waals surface area contributed by atoms with Gasteiger partial charge in [-0.25, -0.2) is 0 Å². The van der Waals surface area contributed by atoms with E-state index in [1.54, 1.807) is 4.90 Å². The summed E-state index contributed by atoms with van der Waals surface area (Å²) in [6.07, 6.45) is 0. The highest BCUT2D eigenvalue weighted by molar-refractivity contribution is 6.06. The van der Waals surface area contributed by atoms with Crippen LogP contribution in [-0.2, 0) is 0 Å². The third kappa shape index (κ3) is 1.91. The number of carbonyl (C=O) groups excluding carboxylic acids is 1. The maximum Gasteiger partial charge on any atom is 0.259 e. The zero-order chi connectivity index (χ0) is 10.8. The lowest BCUT2D eigenvalue weighted by molar-refractivity contribution is 0.0857. The molecule has 15 heavy (non-hydrogen) atoms. The van der Waals surface area contributed by atoms with Crippen molar-refractivity contribution in [3.63, 3.8) is 0 Å².